The topological polar surface area (TPSA) is 77.7 Å². The molecule has 2 fully saturated rings. The van der Waals surface area contributed by atoms with Crippen LogP contribution in [0.2, 0.25) is 0 Å². The largest absolute Gasteiger partial charge is 0.489 e. The van der Waals surface area contributed by atoms with Crippen molar-refractivity contribution in [3.63, 3.8) is 0 Å². The number of aromatic nitrogens is 2. The van der Waals surface area contributed by atoms with E-state index in [1.807, 2.05) is 26.0 Å². The van der Waals surface area contributed by atoms with Crippen LogP contribution < -0.4 is 4.74 Å². The maximum Gasteiger partial charge on any atom is 0.410 e. The molecule has 0 unspecified atom stereocenters. The van der Waals surface area contributed by atoms with Crippen LogP contribution in [-0.4, -0.2) is 40.3 Å². The van der Waals surface area contributed by atoms with Gasteiger partial charge in [0.05, 0.1) is 23.1 Å². The maximum atomic E-state index is 12.4. The van der Waals surface area contributed by atoms with Gasteiger partial charge in [-0.15, -0.1) is 0 Å². The van der Waals surface area contributed by atoms with Gasteiger partial charge in [-0.2, -0.15) is 0 Å². The molecule has 0 saturated heterocycles. The third kappa shape index (κ3) is 4.86. The third-order valence-corrected chi connectivity index (χ3v) is 6.63. The fraction of sp³-hybridized carbons (Fsp3) is 0.625. The highest BCUT2D eigenvalue weighted by molar-refractivity contribution is 5.68. The molecule has 0 aliphatic heterocycles. The number of nitrogens with zero attached hydrogens (tertiary/aromatic N) is 3. The molecule has 2 heterocycles. The Hall–Kier alpha value is -2.57. The Morgan fingerprint density at radius 2 is 1.90 bits per heavy atom. The summed E-state index contributed by atoms with van der Waals surface area (Å²) in [7, 11) is 1.80. The molecule has 0 aromatic carbocycles. The molecule has 0 N–H and O–H groups in total. The minimum Gasteiger partial charge on any atom is -0.489 e. The molecule has 2 saturated carbocycles. The molecular weight excluding hydrogens is 394 g/mol. The van der Waals surface area contributed by atoms with Crippen molar-refractivity contribution >= 4 is 6.09 Å². The Kier molecular flexibility index (Phi) is 6.49. The van der Waals surface area contributed by atoms with Crippen LogP contribution in [0.1, 0.15) is 68.8 Å². The highest BCUT2D eigenvalue weighted by Crippen LogP contribution is 2.32. The zero-order valence-electron chi connectivity index (χ0n) is 19.0. The number of amides is 1. The van der Waals surface area contributed by atoms with Gasteiger partial charge in [0.1, 0.15) is 18.1 Å². The summed E-state index contributed by atoms with van der Waals surface area (Å²) in [4.78, 5) is 18.8. The van der Waals surface area contributed by atoms with E-state index in [1.54, 1.807) is 11.9 Å². The molecule has 7 nitrogen and oxygen atoms in total. The van der Waals surface area contributed by atoms with E-state index in [2.05, 4.69) is 12.1 Å². The molecule has 4 rings (SSSR count). The van der Waals surface area contributed by atoms with Crippen molar-refractivity contribution in [1.82, 2.24) is 15.0 Å². The van der Waals surface area contributed by atoms with Crippen LogP contribution in [0.3, 0.4) is 0 Å². The Labute approximate surface area is 184 Å². The Morgan fingerprint density at radius 1 is 1.16 bits per heavy atom. The summed E-state index contributed by atoms with van der Waals surface area (Å²) in [6.45, 7) is 6.10. The second-order valence-corrected chi connectivity index (χ2v) is 9.13. The lowest BCUT2D eigenvalue weighted by atomic mass is 9.81. The highest BCUT2D eigenvalue weighted by Gasteiger charge is 2.32. The van der Waals surface area contributed by atoms with Gasteiger partial charge in [0.15, 0.2) is 5.76 Å². The van der Waals surface area contributed by atoms with Crippen molar-refractivity contribution < 1.29 is 18.8 Å². The van der Waals surface area contributed by atoms with Crippen molar-refractivity contribution in [1.29, 1.82) is 0 Å². The van der Waals surface area contributed by atoms with E-state index < -0.39 is 0 Å². The number of hydrogen-bond acceptors (Lipinski definition) is 6. The molecule has 0 spiro atoms. The standard InChI is InChI=1S/C24H33N3O4/c1-15-12-18(13-15)27(4)24(28)29-14-20-16(2)26-31-23(20)21-10-11-22(17(3)25-21)30-19-8-6-5-7-9-19/h10-11,15,18-19H,5-9,12-14H2,1-4H3. The highest BCUT2D eigenvalue weighted by atomic mass is 16.6. The van der Waals surface area contributed by atoms with E-state index >= 15 is 0 Å². The Morgan fingerprint density at radius 3 is 2.58 bits per heavy atom. The van der Waals surface area contributed by atoms with Gasteiger partial charge in [-0.05, 0) is 70.4 Å². The average Bonchev–Trinajstić information content (AvgIpc) is 3.11. The Bertz CT molecular complexity index is 914. The normalized spacial score (nSPS) is 21.4. The van der Waals surface area contributed by atoms with E-state index in [1.165, 1.54) is 19.3 Å². The molecule has 7 heteroatoms. The molecule has 2 aromatic rings. The molecule has 2 aromatic heterocycles. The first-order chi connectivity index (χ1) is 14.9. The lowest BCUT2D eigenvalue weighted by Gasteiger charge is -2.38. The molecule has 2 aliphatic carbocycles. The van der Waals surface area contributed by atoms with Crippen molar-refractivity contribution in [2.24, 2.45) is 5.92 Å². The molecule has 1 amide bonds. The summed E-state index contributed by atoms with van der Waals surface area (Å²) in [6.07, 6.45) is 7.97. The number of pyridine rings is 1. The van der Waals surface area contributed by atoms with E-state index in [4.69, 9.17) is 19.0 Å². The van der Waals surface area contributed by atoms with Gasteiger partial charge in [-0.25, -0.2) is 9.78 Å². The van der Waals surface area contributed by atoms with Gasteiger partial charge in [0, 0.05) is 13.1 Å². The third-order valence-electron chi connectivity index (χ3n) is 6.63. The lowest BCUT2D eigenvalue weighted by molar-refractivity contribution is 0.0604. The fourth-order valence-corrected chi connectivity index (χ4v) is 4.48. The summed E-state index contributed by atoms with van der Waals surface area (Å²) >= 11 is 0. The maximum absolute atomic E-state index is 12.4. The molecular formula is C24H33N3O4. The van der Waals surface area contributed by atoms with E-state index in [-0.39, 0.29) is 24.8 Å². The second-order valence-electron chi connectivity index (χ2n) is 9.13. The van der Waals surface area contributed by atoms with Crippen molar-refractivity contribution in [3.8, 4) is 17.2 Å². The smallest absolute Gasteiger partial charge is 0.410 e. The first kappa shape index (κ1) is 21.7. The zero-order valence-corrected chi connectivity index (χ0v) is 19.0. The summed E-state index contributed by atoms with van der Waals surface area (Å²) in [5, 5.41) is 4.08. The number of rotatable bonds is 6. The van der Waals surface area contributed by atoms with Crippen LogP contribution in [0.15, 0.2) is 16.7 Å². The summed E-state index contributed by atoms with van der Waals surface area (Å²) in [5.74, 6) is 2.03. The van der Waals surface area contributed by atoms with Crippen LogP contribution in [-0.2, 0) is 11.3 Å². The predicted molar refractivity (Wildman–Crippen MR) is 117 cm³/mol. The van der Waals surface area contributed by atoms with Gasteiger partial charge in [-0.1, -0.05) is 18.5 Å². The summed E-state index contributed by atoms with van der Waals surface area (Å²) in [5.41, 5.74) is 2.93. The molecule has 168 valence electrons. The lowest BCUT2D eigenvalue weighted by Crippen LogP contribution is -2.44. The monoisotopic (exact) mass is 427 g/mol. The van der Waals surface area contributed by atoms with Crippen molar-refractivity contribution in [3.05, 3.63) is 29.1 Å². The summed E-state index contributed by atoms with van der Waals surface area (Å²) in [6, 6.07) is 4.11. The van der Waals surface area contributed by atoms with Crippen LogP contribution >= 0.6 is 0 Å². The van der Waals surface area contributed by atoms with Gasteiger partial charge < -0.3 is 18.9 Å². The van der Waals surface area contributed by atoms with Gasteiger partial charge in [0.2, 0.25) is 0 Å². The van der Waals surface area contributed by atoms with Gasteiger partial charge in [0.25, 0.3) is 0 Å². The number of hydrogen-bond donors (Lipinski definition) is 0. The van der Waals surface area contributed by atoms with Gasteiger partial charge >= 0.3 is 6.09 Å². The van der Waals surface area contributed by atoms with Crippen LogP contribution in [0, 0.1) is 19.8 Å². The molecule has 2 aliphatic rings. The van der Waals surface area contributed by atoms with Crippen LogP contribution in [0.5, 0.6) is 5.75 Å². The number of carbonyl (C=O) groups excluding carboxylic acids is 1. The van der Waals surface area contributed by atoms with Gasteiger partial charge in [-0.3, -0.25) is 0 Å². The predicted octanol–water partition coefficient (Wildman–Crippen LogP) is 5.43. The quantitative estimate of drug-likeness (QED) is 0.611. The van der Waals surface area contributed by atoms with E-state index in [0.29, 0.717) is 23.1 Å². The average molecular weight is 428 g/mol. The number of ether oxygens (including phenoxy) is 2. The van der Waals surface area contributed by atoms with Crippen LogP contribution in [0.25, 0.3) is 11.5 Å². The zero-order chi connectivity index (χ0) is 22.0. The first-order valence-electron chi connectivity index (χ1n) is 11.4. The van der Waals surface area contributed by atoms with Crippen molar-refractivity contribution in [2.75, 3.05) is 7.05 Å². The van der Waals surface area contributed by atoms with E-state index in [9.17, 15) is 4.79 Å². The number of carbonyl (C=O) groups is 1. The van der Waals surface area contributed by atoms with E-state index in [0.717, 1.165) is 42.7 Å². The molecule has 0 bridgehead atoms. The molecule has 0 atom stereocenters. The van der Waals surface area contributed by atoms with Crippen molar-refractivity contribution in [2.45, 2.75) is 84.5 Å². The first-order valence-corrected chi connectivity index (χ1v) is 11.4. The SMILES string of the molecule is Cc1nc(-c2onc(C)c2COC(=O)N(C)C2CC(C)C2)ccc1OC1CCCCC1. The molecule has 0 radical (unpaired) electrons. The number of aryl methyl sites for hydroxylation is 2. The molecule has 31 heavy (non-hydrogen) atoms. The van der Waals surface area contributed by atoms with Crippen LogP contribution in [0.4, 0.5) is 4.79 Å². The second kappa shape index (κ2) is 9.28. The fourth-order valence-electron chi connectivity index (χ4n) is 4.48. The Balaban J connectivity index is 1.43. The minimum atomic E-state index is -0.316. The minimum absolute atomic E-state index is 0.108. The summed E-state index contributed by atoms with van der Waals surface area (Å²) < 4.78 is 17.3.